The third-order valence-electron chi connectivity index (χ3n) is 3.87. The molecule has 1 atom stereocenters. The van der Waals surface area contributed by atoms with Crippen molar-refractivity contribution < 1.29 is 13.5 Å². The average Bonchev–Trinajstić information content (AvgIpc) is 2.51. The number of alkyl halides is 2. The van der Waals surface area contributed by atoms with Crippen LogP contribution in [0.15, 0.2) is 36.5 Å². The first-order valence-corrected chi connectivity index (χ1v) is 8.42. The molecule has 1 heterocycles. The number of pyridine rings is 1. The summed E-state index contributed by atoms with van der Waals surface area (Å²) < 4.78 is 32.6. The Labute approximate surface area is 148 Å². The Bertz CT molecular complexity index is 711. The number of rotatable bonds is 7. The third kappa shape index (κ3) is 5.78. The van der Waals surface area contributed by atoms with Crippen molar-refractivity contribution in [3.05, 3.63) is 47.8 Å². The van der Waals surface area contributed by atoms with Gasteiger partial charge in [0.05, 0.1) is 12.2 Å². The monoisotopic (exact) mass is 348 g/mol. The van der Waals surface area contributed by atoms with Crippen LogP contribution in [0.2, 0.25) is 0 Å². The van der Waals surface area contributed by atoms with Crippen molar-refractivity contribution in [3.63, 3.8) is 0 Å². The standard InChI is InChI=1S/C20H26F2N2O/c1-13(11-20(3,4)23)12-25-18-6-5-15(10-17(18)19(21)22)16-7-8-24-14(2)9-16/h5-10,13,19H,11-12,23H2,1-4H3. The number of nitrogens with zero attached hydrogens (tertiary/aromatic N) is 1. The smallest absolute Gasteiger partial charge is 0.267 e. The summed E-state index contributed by atoms with van der Waals surface area (Å²) in [6.07, 6.45) is -0.169. The van der Waals surface area contributed by atoms with Crippen LogP contribution in [-0.4, -0.2) is 17.1 Å². The molecule has 136 valence electrons. The molecule has 0 bridgehead atoms. The largest absolute Gasteiger partial charge is 0.493 e. The molecule has 0 aliphatic heterocycles. The molecule has 2 rings (SSSR count). The first kappa shape index (κ1) is 19.3. The lowest BCUT2D eigenvalue weighted by atomic mass is 9.93. The Morgan fingerprint density at radius 3 is 2.44 bits per heavy atom. The van der Waals surface area contributed by atoms with E-state index in [4.69, 9.17) is 10.5 Å². The molecule has 0 saturated heterocycles. The summed E-state index contributed by atoms with van der Waals surface area (Å²) in [5, 5.41) is 0. The number of hydrogen-bond donors (Lipinski definition) is 1. The van der Waals surface area contributed by atoms with E-state index in [2.05, 4.69) is 4.98 Å². The van der Waals surface area contributed by atoms with Crippen LogP contribution in [0.4, 0.5) is 8.78 Å². The minimum absolute atomic E-state index is 0.0915. The highest BCUT2D eigenvalue weighted by molar-refractivity contribution is 5.66. The maximum atomic E-state index is 13.5. The molecule has 0 amide bonds. The average molecular weight is 348 g/mol. The van der Waals surface area contributed by atoms with Gasteiger partial charge in [0.15, 0.2) is 0 Å². The first-order valence-electron chi connectivity index (χ1n) is 8.42. The first-order chi connectivity index (χ1) is 11.7. The molecule has 0 fully saturated rings. The van der Waals surface area contributed by atoms with Crippen LogP contribution < -0.4 is 10.5 Å². The minimum atomic E-state index is -2.60. The van der Waals surface area contributed by atoms with Crippen LogP contribution in [0, 0.1) is 12.8 Å². The topological polar surface area (TPSA) is 48.1 Å². The van der Waals surface area contributed by atoms with Gasteiger partial charge >= 0.3 is 0 Å². The van der Waals surface area contributed by atoms with E-state index >= 15 is 0 Å². The van der Waals surface area contributed by atoms with Crippen LogP contribution in [0.5, 0.6) is 5.75 Å². The van der Waals surface area contributed by atoms with Crippen molar-refractivity contribution in [3.8, 4) is 16.9 Å². The molecule has 0 aliphatic rings. The molecular weight excluding hydrogens is 322 g/mol. The molecule has 1 unspecified atom stereocenters. The number of ether oxygens (including phenoxy) is 1. The Morgan fingerprint density at radius 2 is 1.84 bits per heavy atom. The lowest BCUT2D eigenvalue weighted by Crippen LogP contribution is -2.35. The maximum absolute atomic E-state index is 13.5. The summed E-state index contributed by atoms with van der Waals surface area (Å²) in [6, 6.07) is 8.59. The van der Waals surface area contributed by atoms with Crippen molar-refractivity contribution in [1.82, 2.24) is 4.98 Å². The van der Waals surface area contributed by atoms with E-state index in [0.29, 0.717) is 6.61 Å². The van der Waals surface area contributed by atoms with Crippen molar-refractivity contribution in [2.24, 2.45) is 11.7 Å². The van der Waals surface area contributed by atoms with Gasteiger partial charge in [-0.2, -0.15) is 0 Å². The normalized spacial score (nSPS) is 13.1. The fraction of sp³-hybridized carbons (Fsp3) is 0.450. The van der Waals surface area contributed by atoms with Crippen molar-refractivity contribution in [2.45, 2.75) is 46.1 Å². The lowest BCUT2D eigenvalue weighted by Gasteiger charge is -2.24. The van der Waals surface area contributed by atoms with Crippen LogP contribution in [0.3, 0.4) is 0 Å². The Hall–Kier alpha value is -2.01. The third-order valence-corrected chi connectivity index (χ3v) is 3.87. The van der Waals surface area contributed by atoms with E-state index in [9.17, 15) is 8.78 Å². The van der Waals surface area contributed by atoms with Gasteiger partial charge in [-0.25, -0.2) is 8.78 Å². The second-order valence-corrected chi connectivity index (χ2v) is 7.35. The predicted octanol–water partition coefficient (Wildman–Crippen LogP) is 5.14. The van der Waals surface area contributed by atoms with E-state index in [0.717, 1.165) is 23.2 Å². The van der Waals surface area contributed by atoms with E-state index in [1.54, 1.807) is 18.3 Å². The maximum Gasteiger partial charge on any atom is 0.267 e. The molecule has 2 N–H and O–H groups in total. The highest BCUT2D eigenvalue weighted by atomic mass is 19.3. The van der Waals surface area contributed by atoms with Gasteiger partial charge in [-0.3, -0.25) is 4.98 Å². The van der Waals surface area contributed by atoms with Gasteiger partial charge in [0.2, 0.25) is 0 Å². The number of halogens is 2. The molecular formula is C20H26F2N2O. The van der Waals surface area contributed by atoms with Gasteiger partial charge in [0.1, 0.15) is 5.75 Å². The zero-order valence-electron chi connectivity index (χ0n) is 15.2. The summed E-state index contributed by atoms with van der Waals surface area (Å²) in [5.74, 6) is 0.402. The van der Waals surface area contributed by atoms with E-state index < -0.39 is 6.43 Å². The van der Waals surface area contributed by atoms with Crippen LogP contribution >= 0.6 is 0 Å². The van der Waals surface area contributed by atoms with E-state index in [1.165, 1.54) is 6.07 Å². The SMILES string of the molecule is Cc1cc(-c2ccc(OCC(C)CC(C)(C)N)c(C(F)F)c2)ccn1. The number of hydrogen-bond acceptors (Lipinski definition) is 3. The molecule has 25 heavy (non-hydrogen) atoms. The zero-order chi connectivity index (χ0) is 18.6. The number of aryl methyl sites for hydroxylation is 1. The zero-order valence-corrected chi connectivity index (χ0v) is 15.2. The van der Waals surface area contributed by atoms with Gasteiger partial charge < -0.3 is 10.5 Å². The second-order valence-electron chi connectivity index (χ2n) is 7.35. The summed E-state index contributed by atoms with van der Waals surface area (Å²) in [7, 11) is 0. The van der Waals surface area contributed by atoms with Crippen LogP contribution in [0.1, 0.15) is 44.9 Å². The molecule has 3 nitrogen and oxygen atoms in total. The molecule has 1 aromatic heterocycles. The van der Waals surface area contributed by atoms with E-state index in [1.807, 2.05) is 39.8 Å². The fourth-order valence-electron chi connectivity index (χ4n) is 2.94. The lowest BCUT2D eigenvalue weighted by molar-refractivity contribution is 0.142. The second kappa shape index (κ2) is 7.91. The van der Waals surface area contributed by atoms with Gasteiger partial charge in [0, 0.05) is 17.4 Å². The van der Waals surface area contributed by atoms with Gasteiger partial charge in [-0.1, -0.05) is 13.0 Å². The highest BCUT2D eigenvalue weighted by Gasteiger charge is 2.19. The molecule has 2 aromatic rings. The van der Waals surface area contributed by atoms with E-state index in [-0.39, 0.29) is 22.8 Å². The van der Waals surface area contributed by atoms with Crippen LogP contribution in [0.25, 0.3) is 11.1 Å². The van der Waals surface area contributed by atoms with Crippen LogP contribution in [-0.2, 0) is 0 Å². The molecule has 0 saturated carbocycles. The highest BCUT2D eigenvalue weighted by Crippen LogP contribution is 2.34. The van der Waals surface area contributed by atoms with Gasteiger partial charge in [-0.15, -0.1) is 0 Å². The number of aromatic nitrogens is 1. The Kier molecular flexibility index (Phi) is 6.11. The Morgan fingerprint density at radius 1 is 1.16 bits per heavy atom. The van der Waals surface area contributed by atoms with Crippen molar-refractivity contribution >= 4 is 0 Å². The van der Waals surface area contributed by atoms with Gasteiger partial charge in [0.25, 0.3) is 6.43 Å². The predicted molar refractivity (Wildman–Crippen MR) is 96.9 cm³/mol. The van der Waals surface area contributed by atoms with Crippen molar-refractivity contribution in [1.29, 1.82) is 0 Å². The summed E-state index contributed by atoms with van der Waals surface area (Å²) in [5.41, 5.74) is 8.03. The molecule has 0 radical (unpaired) electrons. The molecule has 0 spiro atoms. The fourth-order valence-corrected chi connectivity index (χ4v) is 2.94. The summed E-state index contributed by atoms with van der Waals surface area (Å²) in [6.45, 7) is 8.12. The molecule has 5 heteroatoms. The van der Waals surface area contributed by atoms with Gasteiger partial charge in [-0.05, 0) is 68.5 Å². The number of benzene rings is 1. The summed E-state index contributed by atoms with van der Waals surface area (Å²) >= 11 is 0. The molecule has 0 aliphatic carbocycles. The molecule has 1 aromatic carbocycles. The summed E-state index contributed by atoms with van der Waals surface area (Å²) in [4.78, 5) is 4.14. The Balaban J connectivity index is 2.19. The van der Waals surface area contributed by atoms with Crippen molar-refractivity contribution in [2.75, 3.05) is 6.61 Å². The quantitative estimate of drug-likeness (QED) is 0.754. The minimum Gasteiger partial charge on any atom is -0.493 e. The number of nitrogens with two attached hydrogens (primary N) is 1.